The van der Waals surface area contributed by atoms with Gasteiger partial charge in [-0.1, -0.05) is 12.1 Å². The van der Waals surface area contributed by atoms with Gasteiger partial charge in [0.1, 0.15) is 11.6 Å². The topological polar surface area (TPSA) is 138 Å². The molecule has 0 saturated heterocycles. The van der Waals surface area contributed by atoms with Crippen molar-refractivity contribution < 1.29 is 9.53 Å². The van der Waals surface area contributed by atoms with E-state index < -0.39 is 0 Å². The summed E-state index contributed by atoms with van der Waals surface area (Å²) >= 11 is 0. The predicted octanol–water partition coefficient (Wildman–Crippen LogP) is 3.88. The van der Waals surface area contributed by atoms with Crippen molar-refractivity contribution in [2.45, 2.75) is 12.8 Å². The Morgan fingerprint density at radius 1 is 1.12 bits per heavy atom. The average molecular weight is 429 g/mol. The van der Waals surface area contributed by atoms with Gasteiger partial charge in [-0.3, -0.25) is 10.2 Å². The van der Waals surface area contributed by atoms with Crippen molar-refractivity contribution in [3.05, 3.63) is 66.0 Å². The number of ether oxygens (including phenoxy) is 1. The van der Waals surface area contributed by atoms with Gasteiger partial charge in [0.25, 0.3) is 0 Å². The Bertz CT molecular complexity index is 1170. The lowest BCUT2D eigenvalue weighted by Crippen LogP contribution is -2.09. The number of methoxy groups -OCH3 is 1. The quantitative estimate of drug-likeness (QED) is 0.242. The number of amidine groups is 1. The number of para-hydroxylation sites is 1. The van der Waals surface area contributed by atoms with E-state index in [9.17, 15) is 4.79 Å². The van der Waals surface area contributed by atoms with Gasteiger partial charge in [-0.05, 0) is 37.1 Å². The lowest BCUT2D eigenvalue weighted by Gasteiger charge is -2.17. The molecule has 1 saturated carbocycles. The molecule has 0 amide bonds. The number of nitrogens with one attached hydrogen (secondary N) is 3. The minimum Gasteiger partial charge on any atom is -0.494 e. The number of pyridine rings is 2. The average Bonchev–Trinajstić information content (AvgIpc) is 3.65. The van der Waals surface area contributed by atoms with Crippen LogP contribution in [0.2, 0.25) is 0 Å². The van der Waals surface area contributed by atoms with Gasteiger partial charge in [-0.15, -0.1) is 0 Å². The number of anilines is 4. The second-order valence-corrected chi connectivity index (χ2v) is 7.23. The normalized spacial score (nSPS) is 13.0. The molecule has 0 unspecified atom stereocenters. The van der Waals surface area contributed by atoms with Crippen molar-refractivity contribution >= 4 is 41.0 Å². The van der Waals surface area contributed by atoms with Gasteiger partial charge in [-0.2, -0.15) is 0 Å². The van der Waals surface area contributed by atoms with Gasteiger partial charge in [0.15, 0.2) is 17.4 Å². The van der Waals surface area contributed by atoms with Crippen molar-refractivity contribution in [2.75, 3.05) is 17.7 Å². The van der Waals surface area contributed by atoms with Crippen LogP contribution >= 0.6 is 0 Å². The Labute approximate surface area is 185 Å². The third kappa shape index (κ3) is 4.56. The first-order valence-corrected chi connectivity index (χ1v) is 10.1. The van der Waals surface area contributed by atoms with Crippen LogP contribution in [0.4, 0.5) is 23.0 Å². The molecule has 2 aromatic heterocycles. The molecular formula is C23H23N7O2. The van der Waals surface area contributed by atoms with E-state index in [2.05, 4.69) is 25.6 Å². The fourth-order valence-corrected chi connectivity index (χ4v) is 3.29. The van der Waals surface area contributed by atoms with Gasteiger partial charge < -0.3 is 21.1 Å². The molecule has 1 aliphatic carbocycles. The van der Waals surface area contributed by atoms with Gasteiger partial charge in [-0.25, -0.2) is 15.0 Å². The fourth-order valence-electron chi connectivity index (χ4n) is 3.29. The fraction of sp³-hybridized carbons (Fsp3) is 0.174. The van der Waals surface area contributed by atoms with Crippen LogP contribution in [0.5, 0.6) is 5.75 Å². The Morgan fingerprint density at radius 2 is 1.97 bits per heavy atom. The molecule has 0 spiro atoms. The number of aliphatic imine (C=N–C) groups is 1. The van der Waals surface area contributed by atoms with E-state index >= 15 is 0 Å². The maximum Gasteiger partial charge on any atom is 0.169 e. The number of hydrogen-bond acceptors (Lipinski definition) is 7. The highest BCUT2D eigenvalue weighted by molar-refractivity contribution is 6.06. The molecule has 5 N–H and O–H groups in total. The number of hydrogen-bond donors (Lipinski definition) is 4. The van der Waals surface area contributed by atoms with E-state index in [0.717, 1.165) is 19.2 Å². The Hall–Kier alpha value is -4.27. The van der Waals surface area contributed by atoms with Crippen LogP contribution < -0.4 is 21.1 Å². The first-order valence-electron chi connectivity index (χ1n) is 10.1. The summed E-state index contributed by atoms with van der Waals surface area (Å²) in [5.41, 5.74) is 7.48. The van der Waals surface area contributed by atoms with Crippen LogP contribution in [0.25, 0.3) is 0 Å². The maximum absolute atomic E-state index is 12.9. The van der Waals surface area contributed by atoms with Crippen LogP contribution in [0.1, 0.15) is 28.8 Å². The monoisotopic (exact) mass is 429 g/mol. The van der Waals surface area contributed by atoms with Gasteiger partial charge in [0, 0.05) is 24.4 Å². The smallest absolute Gasteiger partial charge is 0.169 e. The minimum atomic E-state index is -0.0329. The molecule has 1 fully saturated rings. The maximum atomic E-state index is 12.9. The zero-order valence-electron chi connectivity index (χ0n) is 17.5. The zero-order chi connectivity index (χ0) is 22.5. The molecule has 0 atom stereocenters. The van der Waals surface area contributed by atoms with Crippen LogP contribution in [0.15, 0.2) is 59.9 Å². The lowest BCUT2D eigenvalue weighted by molar-refractivity contribution is 0.0968. The van der Waals surface area contributed by atoms with Crippen LogP contribution in [0.3, 0.4) is 0 Å². The van der Waals surface area contributed by atoms with E-state index in [4.69, 9.17) is 15.9 Å². The highest BCUT2D eigenvalue weighted by atomic mass is 16.5. The summed E-state index contributed by atoms with van der Waals surface area (Å²) in [4.78, 5) is 25.4. The summed E-state index contributed by atoms with van der Waals surface area (Å²) in [6, 6.07) is 12.6. The molecule has 1 aliphatic rings. The summed E-state index contributed by atoms with van der Waals surface area (Å²) in [7, 11) is 1.51. The molecular weight excluding hydrogens is 406 g/mol. The summed E-state index contributed by atoms with van der Waals surface area (Å²) in [6.45, 7) is 0. The van der Waals surface area contributed by atoms with Crippen molar-refractivity contribution in [2.24, 2.45) is 16.6 Å². The molecule has 1 aromatic carbocycles. The standard InChI is InChI=1S/C23H23N7O2/c1-32-22-15(23(25)28-13-24)5-4-6-17(22)29-18-11-20(30-19-7-2-3-10-26-19)27-12-16(18)21(31)14-8-9-14/h2-7,10-14H,8-9H2,1H3,(H3,24,25,28)(H2,26,27,29,30). The van der Waals surface area contributed by atoms with E-state index in [1.54, 1.807) is 36.7 Å². The number of nitrogens with two attached hydrogens (primary N) is 1. The van der Waals surface area contributed by atoms with Gasteiger partial charge in [0.05, 0.1) is 36.0 Å². The van der Waals surface area contributed by atoms with Crippen LogP contribution in [-0.2, 0) is 0 Å². The molecule has 9 nitrogen and oxygen atoms in total. The Kier molecular flexibility index (Phi) is 6.07. The van der Waals surface area contributed by atoms with Crippen molar-refractivity contribution in [1.29, 1.82) is 5.41 Å². The van der Waals surface area contributed by atoms with Crippen molar-refractivity contribution in [3.8, 4) is 5.75 Å². The number of Topliss-reactive ketones (excluding diaryl/α,β-unsaturated/α-hetero) is 1. The number of nitrogens with zero attached hydrogens (tertiary/aromatic N) is 3. The van der Waals surface area contributed by atoms with E-state index in [-0.39, 0.29) is 17.5 Å². The summed E-state index contributed by atoms with van der Waals surface area (Å²) in [5, 5.41) is 14.6. The van der Waals surface area contributed by atoms with E-state index in [0.29, 0.717) is 39.9 Å². The first-order chi connectivity index (χ1) is 15.6. The second kappa shape index (κ2) is 9.25. The number of carbonyl (C=O) groups excluding carboxylic acids is 1. The lowest BCUT2D eigenvalue weighted by atomic mass is 10.1. The molecule has 4 rings (SSSR count). The Morgan fingerprint density at radius 3 is 2.66 bits per heavy atom. The van der Waals surface area contributed by atoms with Crippen LogP contribution in [-0.4, -0.2) is 35.0 Å². The third-order valence-electron chi connectivity index (χ3n) is 4.99. The highest BCUT2D eigenvalue weighted by Crippen LogP contribution is 2.38. The van der Waals surface area contributed by atoms with Crippen molar-refractivity contribution in [1.82, 2.24) is 9.97 Å². The minimum absolute atomic E-state index is 0.0329. The molecule has 3 aromatic rings. The molecule has 2 heterocycles. The summed E-state index contributed by atoms with van der Waals surface area (Å²) < 4.78 is 5.56. The number of ketones is 1. The zero-order valence-corrected chi connectivity index (χ0v) is 17.5. The van der Waals surface area contributed by atoms with Gasteiger partial charge in [0.2, 0.25) is 0 Å². The van der Waals surface area contributed by atoms with E-state index in [1.807, 2.05) is 18.2 Å². The number of rotatable bonds is 8. The van der Waals surface area contributed by atoms with E-state index in [1.165, 1.54) is 7.11 Å². The number of carbonyl (C=O) groups is 1. The summed E-state index contributed by atoms with van der Waals surface area (Å²) in [6.07, 6.45) is 6.10. The first kappa shape index (κ1) is 21.0. The highest BCUT2D eigenvalue weighted by Gasteiger charge is 2.32. The predicted molar refractivity (Wildman–Crippen MR) is 125 cm³/mol. The molecule has 0 radical (unpaired) electrons. The molecule has 162 valence electrons. The van der Waals surface area contributed by atoms with Crippen molar-refractivity contribution in [3.63, 3.8) is 0 Å². The molecule has 9 heteroatoms. The third-order valence-corrected chi connectivity index (χ3v) is 4.99. The number of benzene rings is 1. The Balaban J connectivity index is 1.72. The number of aromatic nitrogens is 2. The molecule has 32 heavy (non-hydrogen) atoms. The molecule has 0 bridgehead atoms. The van der Waals surface area contributed by atoms with Gasteiger partial charge >= 0.3 is 0 Å². The largest absolute Gasteiger partial charge is 0.494 e. The second-order valence-electron chi connectivity index (χ2n) is 7.23. The van der Waals surface area contributed by atoms with Crippen LogP contribution in [0, 0.1) is 11.3 Å². The molecule has 0 aliphatic heterocycles. The summed E-state index contributed by atoms with van der Waals surface area (Å²) in [5.74, 6) is 1.65. The SMILES string of the molecule is COc1c(Nc2cc(Nc3ccccn3)ncc2C(=O)C2CC2)cccc1C(=N)/N=C\N.